The number of nitrogens with two attached hydrogens (primary N) is 1. The van der Waals surface area contributed by atoms with E-state index >= 15 is 4.39 Å². The van der Waals surface area contributed by atoms with Crippen LogP contribution in [0.25, 0.3) is 11.1 Å². The fraction of sp³-hybridized carbons (Fsp3) is 0.500. The van der Waals surface area contributed by atoms with Gasteiger partial charge in [-0.3, -0.25) is 9.69 Å². The van der Waals surface area contributed by atoms with Gasteiger partial charge >= 0.3 is 6.09 Å². The van der Waals surface area contributed by atoms with E-state index in [0.717, 1.165) is 38.5 Å². The van der Waals surface area contributed by atoms with Crippen LogP contribution in [0.2, 0.25) is 0 Å². The molecule has 0 radical (unpaired) electrons. The first-order chi connectivity index (χ1) is 16.9. The predicted molar refractivity (Wildman–Crippen MR) is 134 cm³/mol. The summed E-state index contributed by atoms with van der Waals surface area (Å²) in [6.07, 6.45) is 4.84. The van der Waals surface area contributed by atoms with E-state index in [1.165, 1.54) is 25.3 Å². The molecular formula is C26H35FN5O3+. The SMILES string of the molecule is CCCCCN1CCN(c2ccc(-c3ccc([N+]4(C(C)C(N)=O)CCOC4=O)cc3F)cn2)CC1. The number of unbranched alkanes of at least 4 members (excludes halogenated alkanes) is 2. The minimum absolute atomic E-state index is 0.151. The van der Waals surface area contributed by atoms with Gasteiger partial charge in [-0.2, -0.15) is 9.28 Å². The normalized spacial score (nSPS) is 21.7. The molecule has 2 saturated heterocycles. The first-order valence-corrected chi connectivity index (χ1v) is 12.4. The number of anilines is 1. The van der Waals surface area contributed by atoms with Crippen molar-refractivity contribution in [3.63, 3.8) is 0 Å². The number of benzene rings is 1. The zero-order chi connectivity index (χ0) is 25.0. The molecule has 188 valence electrons. The van der Waals surface area contributed by atoms with E-state index in [1.807, 2.05) is 12.1 Å². The monoisotopic (exact) mass is 484 g/mol. The van der Waals surface area contributed by atoms with Gasteiger partial charge in [0.1, 0.15) is 30.5 Å². The summed E-state index contributed by atoms with van der Waals surface area (Å²) < 4.78 is 20.0. The van der Waals surface area contributed by atoms with Gasteiger partial charge in [-0.1, -0.05) is 19.8 Å². The highest BCUT2D eigenvalue weighted by Crippen LogP contribution is 2.35. The molecule has 0 aliphatic carbocycles. The topological polar surface area (TPSA) is 88.8 Å². The summed E-state index contributed by atoms with van der Waals surface area (Å²) in [5, 5.41) is 0. The molecule has 2 aromatic rings. The van der Waals surface area contributed by atoms with E-state index in [0.29, 0.717) is 16.8 Å². The van der Waals surface area contributed by atoms with Crippen molar-refractivity contribution in [2.45, 2.75) is 39.2 Å². The molecule has 0 spiro atoms. The van der Waals surface area contributed by atoms with Gasteiger partial charge in [0.05, 0.1) is 0 Å². The second-order valence-electron chi connectivity index (χ2n) is 9.39. The van der Waals surface area contributed by atoms with Crippen LogP contribution in [-0.2, 0) is 9.53 Å². The van der Waals surface area contributed by atoms with Crippen LogP contribution >= 0.6 is 0 Å². The van der Waals surface area contributed by atoms with Gasteiger partial charge in [0.2, 0.25) is 0 Å². The van der Waals surface area contributed by atoms with E-state index in [2.05, 4.69) is 21.7 Å². The Bertz CT molecular complexity index is 1060. The van der Waals surface area contributed by atoms with E-state index in [4.69, 9.17) is 10.5 Å². The molecular weight excluding hydrogens is 449 g/mol. The van der Waals surface area contributed by atoms with Gasteiger partial charge in [-0.05, 0) is 38.1 Å². The molecule has 3 heterocycles. The number of primary amides is 1. The summed E-state index contributed by atoms with van der Waals surface area (Å²) in [5.41, 5.74) is 6.88. The maximum atomic E-state index is 15.3. The lowest BCUT2D eigenvalue weighted by Gasteiger charge is -2.35. The average Bonchev–Trinajstić information content (AvgIpc) is 3.26. The number of hydrogen-bond acceptors (Lipinski definition) is 6. The molecule has 1 aromatic carbocycles. The molecule has 2 aliphatic rings. The third-order valence-corrected chi connectivity index (χ3v) is 7.31. The lowest BCUT2D eigenvalue weighted by molar-refractivity contribution is -0.121. The van der Waals surface area contributed by atoms with Crippen molar-refractivity contribution in [1.29, 1.82) is 0 Å². The van der Waals surface area contributed by atoms with Crippen LogP contribution < -0.4 is 15.1 Å². The standard InChI is InChI=1S/C26H34FN5O3/c1-3-4-5-10-30-11-13-31(14-12-30)24-9-6-20(18-29-24)22-8-7-21(17-23(22)27)32(19(2)25(28)33)15-16-35-26(32)34/h6-9,17-19H,3-5,10-16H2,1-2H3,(H-,28,33)/p+1. The number of amides is 2. The van der Waals surface area contributed by atoms with Crippen molar-refractivity contribution in [3.05, 3.63) is 42.3 Å². The van der Waals surface area contributed by atoms with Gasteiger partial charge in [-0.15, -0.1) is 0 Å². The molecule has 0 saturated carbocycles. The minimum atomic E-state index is -0.872. The van der Waals surface area contributed by atoms with Gasteiger partial charge in [0, 0.05) is 55.6 Å². The minimum Gasteiger partial charge on any atom is -0.414 e. The highest BCUT2D eigenvalue weighted by atomic mass is 19.1. The molecule has 4 rings (SSSR count). The molecule has 2 N–H and O–H groups in total. The summed E-state index contributed by atoms with van der Waals surface area (Å²) in [4.78, 5) is 33.9. The maximum Gasteiger partial charge on any atom is 0.522 e. The van der Waals surface area contributed by atoms with Crippen LogP contribution in [-0.4, -0.2) is 73.8 Å². The third kappa shape index (κ3) is 5.01. The molecule has 2 aliphatic heterocycles. The first-order valence-electron chi connectivity index (χ1n) is 12.4. The number of cyclic esters (lactones) is 1. The lowest BCUT2D eigenvalue weighted by atomic mass is 10.0. The molecule has 1 aromatic heterocycles. The average molecular weight is 485 g/mol. The number of pyridine rings is 1. The Balaban J connectivity index is 1.48. The molecule has 8 nitrogen and oxygen atoms in total. The van der Waals surface area contributed by atoms with Crippen LogP contribution in [0.5, 0.6) is 0 Å². The zero-order valence-corrected chi connectivity index (χ0v) is 20.6. The number of hydrogen-bond donors (Lipinski definition) is 1. The van der Waals surface area contributed by atoms with Gasteiger partial charge in [0.25, 0.3) is 5.91 Å². The Morgan fingerprint density at radius 3 is 2.54 bits per heavy atom. The molecule has 35 heavy (non-hydrogen) atoms. The number of halogens is 1. The number of piperazine rings is 1. The van der Waals surface area contributed by atoms with E-state index in [9.17, 15) is 9.59 Å². The summed E-state index contributed by atoms with van der Waals surface area (Å²) in [7, 11) is 0. The van der Waals surface area contributed by atoms with Crippen molar-refractivity contribution in [3.8, 4) is 11.1 Å². The van der Waals surface area contributed by atoms with Crippen LogP contribution in [0, 0.1) is 5.82 Å². The quantitative estimate of drug-likeness (QED) is 0.433. The van der Waals surface area contributed by atoms with Crippen molar-refractivity contribution in [2.75, 3.05) is 50.8 Å². The molecule has 2 unspecified atom stereocenters. The van der Waals surface area contributed by atoms with E-state index in [-0.39, 0.29) is 13.2 Å². The van der Waals surface area contributed by atoms with Crippen LogP contribution in [0.4, 0.5) is 20.7 Å². The van der Waals surface area contributed by atoms with Crippen molar-refractivity contribution >= 4 is 23.5 Å². The molecule has 2 fully saturated rings. The number of nitrogens with zero attached hydrogens (tertiary/aromatic N) is 4. The van der Waals surface area contributed by atoms with Crippen molar-refractivity contribution in [1.82, 2.24) is 14.4 Å². The Labute approximate surface area is 206 Å². The van der Waals surface area contributed by atoms with Crippen LogP contribution in [0.1, 0.15) is 33.1 Å². The second kappa shape index (κ2) is 10.7. The summed E-state index contributed by atoms with van der Waals surface area (Å²) in [6.45, 7) is 9.21. The molecule has 0 bridgehead atoms. The Morgan fingerprint density at radius 1 is 1.20 bits per heavy atom. The predicted octanol–water partition coefficient (Wildman–Crippen LogP) is 3.53. The van der Waals surface area contributed by atoms with Crippen molar-refractivity contribution in [2.24, 2.45) is 5.73 Å². The lowest BCUT2D eigenvalue weighted by Crippen LogP contribution is -2.61. The molecule has 2 atom stereocenters. The fourth-order valence-corrected chi connectivity index (χ4v) is 5.02. The largest absolute Gasteiger partial charge is 0.522 e. The summed E-state index contributed by atoms with van der Waals surface area (Å²) in [6, 6.07) is 7.51. The number of carbonyl (C=O) groups excluding carboxylic acids is 2. The highest BCUT2D eigenvalue weighted by Gasteiger charge is 2.53. The van der Waals surface area contributed by atoms with Crippen molar-refractivity contribution < 1.29 is 18.7 Å². The van der Waals surface area contributed by atoms with Crippen LogP contribution in [0.3, 0.4) is 0 Å². The first kappa shape index (κ1) is 25.1. The van der Waals surface area contributed by atoms with Gasteiger partial charge < -0.3 is 15.4 Å². The second-order valence-corrected chi connectivity index (χ2v) is 9.39. The van der Waals surface area contributed by atoms with Gasteiger partial charge in [0.15, 0.2) is 6.04 Å². The number of rotatable bonds is 9. The van der Waals surface area contributed by atoms with E-state index in [1.54, 1.807) is 25.3 Å². The zero-order valence-electron chi connectivity index (χ0n) is 20.6. The third-order valence-electron chi connectivity index (χ3n) is 7.31. The van der Waals surface area contributed by atoms with Gasteiger partial charge in [-0.25, -0.2) is 9.37 Å². The molecule has 2 amide bonds. The Morgan fingerprint density at radius 2 is 1.97 bits per heavy atom. The number of carbonyl (C=O) groups is 2. The number of aromatic nitrogens is 1. The Kier molecular flexibility index (Phi) is 7.66. The Hall–Kier alpha value is -3.04. The van der Waals surface area contributed by atoms with E-state index < -0.39 is 28.3 Å². The number of quaternary nitrogens is 1. The summed E-state index contributed by atoms with van der Waals surface area (Å²) >= 11 is 0. The summed E-state index contributed by atoms with van der Waals surface area (Å²) in [5.74, 6) is -0.250. The maximum absolute atomic E-state index is 15.3. The van der Waals surface area contributed by atoms with Crippen LogP contribution in [0.15, 0.2) is 36.5 Å². The highest BCUT2D eigenvalue weighted by molar-refractivity contribution is 5.93. The number of ether oxygens (including phenoxy) is 1. The smallest absolute Gasteiger partial charge is 0.414 e. The molecule has 9 heteroatoms. The fourth-order valence-electron chi connectivity index (χ4n) is 5.02.